The van der Waals surface area contributed by atoms with Crippen molar-refractivity contribution in [2.24, 2.45) is 0 Å². The van der Waals surface area contributed by atoms with Gasteiger partial charge in [0.1, 0.15) is 6.61 Å². The Kier molecular flexibility index (Phi) is 9.58. The van der Waals surface area contributed by atoms with Crippen LogP contribution in [0.5, 0.6) is 11.5 Å². The molecule has 0 aliphatic carbocycles. The number of rotatable bonds is 11. The average molecular weight is 427 g/mol. The Labute approximate surface area is 183 Å². The second-order valence-electron chi connectivity index (χ2n) is 6.64. The third-order valence-electron chi connectivity index (χ3n) is 4.79. The summed E-state index contributed by atoms with van der Waals surface area (Å²) in [4.78, 5) is 27.3. The molecular formula is C24H30N2O5. The van der Waals surface area contributed by atoms with Crippen molar-refractivity contribution in [3.63, 3.8) is 0 Å². The molecule has 1 amide bonds. The van der Waals surface area contributed by atoms with Crippen LogP contribution in [0.15, 0.2) is 54.6 Å². The van der Waals surface area contributed by atoms with Crippen LogP contribution < -0.4 is 14.8 Å². The average Bonchev–Trinajstić information content (AvgIpc) is 2.81. The van der Waals surface area contributed by atoms with Crippen molar-refractivity contribution in [3.8, 4) is 11.5 Å². The van der Waals surface area contributed by atoms with E-state index in [1.807, 2.05) is 6.07 Å². The molecule has 0 aromatic heterocycles. The Bertz CT molecular complexity index is 892. The first-order valence-electron chi connectivity index (χ1n) is 10.2. The quantitative estimate of drug-likeness (QED) is 0.439. The third kappa shape index (κ3) is 7.15. The molecule has 2 rings (SSSR count). The Balaban J connectivity index is 2.26. The summed E-state index contributed by atoms with van der Waals surface area (Å²) in [5.41, 5.74) is 1.37. The smallest absolute Gasteiger partial charge is 0.332 e. The van der Waals surface area contributed by atoms with Gasteiger partial charge in [-0.05, 0) is 43.4 Å². The van der Waals surface area contributed by atoms with Crippen LogP contribution in [0, 0.1) is 0 Å². The number of hydrogen-bond acceptors (Lipinski definition) is 6. The molecule has 0 aliphatic heterocycles. The number of likely N-dealkylation sites (N-methyl/N-ethyl adjacent to an activating group) is 1. The monoisotopic (exact) mass is 426 g/mol. The Hall–Kier alpha value is -3.32. The zero-order valence-electron chi connectivity index (χ0n) is 18.5. The summed E-state index contributed by atoms with van der Waals surface area (Å²) in [6, 6.07) is 13.9. The van der Waals surface area contributed by atoms with Crippen molar-refractivity contribution in [1.29, 1.82) is 0 Å². The first-order chi connectivity index (χ1) is 15.0. The topological polar surface area (TPSA) is 77.1 Å². The number of amides is 1. The molecule has 31 heavy (non-hydrogen) atoms. The van der Waals surface area contributed by atoms with E-state index in [1.54, 1.807) is 49.6 Å². The summed E-state index contributed by atoms with van der Waals surface area (Å²) < 4.78 is 16.0. The van der Waals surface area contributed by atoms with Crippen LogP contribution in [0.3, 0.4) is 0 Å². The zero-order valence-corrected chi connectivity index (χ0v) is 18.5. The molecule has 0 heterocycles. The van der Waals surface area contributed by atoms with Crippen LogP contribution >= 0.6 is 0 Å². The molecule has 0 aliphatic rings. The lowest BCUT2D eigenvalue weighted by molar-refractivity contribution is -0.138. The number of nitrogens with zero attached hydrogens (tertiary/aromatic N) is 1. The summed E-state index contributed by atoms with van der Waals surface area (Å²) in [5.74, 6) is 0.152. The Morgan fingerprint density at radius 2 is 1.61 bits per heavy atom. The molecule has 0 bridgehead atoms. The molecule has 0 unspecified atom stereocenters. The van der Waals surface area contributed by atoms with Gasteiger partial charge in [-0.2, -0.15) is 0 Å². The van der Waals surface area contributed by atoms with Crippen LogP contribution in [-0.2, 0) is 9.53 Å². The van der Waals surface area contributed by atoms with Gasteiger partial charge in [-0.15, -0.1) is 0 Å². The number of esters is 1. The van der Waals surface area contributed by atoms with E-state index >= 15 is 0 Å². The van der Waals surface area contributed by atoms with Gasteiger partial charge in [0.15, 0.2) is 11.5 Å². The predicted molar refractivity (Wildman–Crippen MR) is 120 cm³/mol. The van der Waals surface area contributed by atoms with Crippen LogP contribution in [0.4, 0.5) is 0 Å². The Morgan fingerprint density at radius 3 is 2.23 bits per heavy atom. The van der Waals surface area contributed by atoms with Gasteiger partial charge in [-0.1, -0.05) is 32.0 Å². The maximum Gasteiger partial charge on any atom is 0.332 e. The molecule has 2 aromatic rings. The summed E-state index contributed by atoms with van der Waals surface area (Å²) >= 11 is 0. The Morgan fingerprint density at radius 1 is 0.935 bits per heavy atom. The number of ether oxygens (including phenoxy) is 3. The molecule has 1 N–H and O–H groups in total. The third-order valence-corrected chi connectivity index (χ3v) is 4.79. The number of methoxy groups -OCH3 is 2. The second kappa shape index (κ2) is 12.4. The van der Waals surface area contributed by atoms with Crippen molar-refractivity contribution in [1.82, 2.24) is 10.2 Å². The highest BCUT2D eigenvalue weighted by atomic mass is 16.5. The molecule has 0 saturated carbocycles. The van der Waals surface area contributed by atoms with Gasteiger partial charge in [0.05, 0.1) is 19.9 Å². The largest absolute Gasteiger partial charge is 0.493 e. The predicted octanol–water partition coefficient (Wildman–Crippen LogP) is 3.36. The lowest BCUT2D eigenvalue weighted by Crippen LogP contribution is -2.28. The summed E-state index contributed by atoms with van der Waals surface area (Å²) in [6.07, 6.45) is 1.28. The van der Waals surface area contributed by atoms with Crippen molar-refractivity contribution in [3.05, 3.63) is 65.7 Å². The SMILES string of the molecule is CCN(CC)CCOC(=O)C=C(NC(=O)c1ccccc1)c1ccc(OC)c(OC)c1. The van der Waals surface area contributed by atoms with Crippen molar-refractivity contribution in [2.75, 3.05) is 40.5 Å². The van der Waals surface area contributed by atoms with Crippen molar-refractivity contribution >= 4 is 17.6 Å². The van der Waals surface area contributed by atoms with E-state index in [1.165, 1.54) is 13.2 Å². The highest BCUT2D eigenvalue weighted by molar-refractivity contribution is 6.02. The van der Waals surface area contributed by atoms with E-state index in [-0.39, 0.29) is 12.5 Å². The van der Waals surface area contributed by atoms with E-state index in [2.05, 4.69) is 24.1 Å². The fourth-order valence-corrected chi connectivity index (χ4v) is 2.95. The van der Waals surface area contributed by atoms with E-state index in [9.17, 15) is 9.59 Å². The van der Waals surface area contributed by atoms with E-state index in [0.717, 1.165) is 13.1 Å². The van der Waals surface area contributed by atoms with E-state index in [0.29, 0.717) is 34.9 Å². The van der Waals surface area contributed by atoms with Crippen LogP contribution in [0.1, 0.15) is 29.8 Å². The normalized spacial score (nSPS) is 11.2. The summed E-state index contributed by atoms with van der Waals surface area (Å²) in [7, 11) is 3.06. The van der Waals surface area contributed by atoms with Gasteiger partial charge >= 0.3 is 5.97 Å². The van der Waals surface area contributed by atoms with Crippen LogP contribution in [0.25, 0.3) is 5.70 Å². The lowest BCUT2D eigenvalue weighted by atomic mass is 10.1. The van der Waals surface area contributed by atoms with Gasteiger partial charge in [0, 0.05) is 23.7 Å². The van der Waals surface area contributed by atoms with Gasteiger partial charge in [0.2, 0.25) is 0 Å². The standard InChI is InChI=1S/C24H30N2O5/c1-5-26(6-2)14-15-31-23(27)17-20(25-24(28)18-10-8-7-9-11-18)19-12-13-21(29-3)22(16-19)30-4/h7-13,16-17H,5-6,14-15H2,1-4H3,(H,25,28). The highest BCUT2D eigenvalue weighted by Gasteiger charge is 2.14. The van der Waals surface area contributed by atoms with Crippen molar-refractivity contribution in [2.45, 2.75) is 13.8 Å². The van der Waals surface area contributed by atoms with Crippen LogP contribution in [-0.4, -0.2) is 57.2 Å². The molecule has 0 atom stereocenters. The fraction of sp³-hybridized carbons (Fsp3) is 0.333. The molecule has 7 nitrogen and oxygen atoms in total. The molecule has 7 heteroatoms. The van der Waals surface area contributed by atoms with Gasteiger partial charge < -0.3 is 24.4 Å². The minimum Gasteiger partial charge on any atom is -0.493 e. The number of nitrogens with one attached hydrogen (secondary N) is 1. The summed E-state index contributed by atoms with van der Waals surface area (Å²) in [5, 5.41) is 2.81. The zero-order chi connectivity index (χ0) is 22.6. The first kappa shape index (κ1) is 24.0. The van der Waals surface area contributed by atoms with E-state index in [4.69, 9.17) is 14.2 Å². The number of benzene rings is 2. The molecule has 2 aromatic carbocycles. The lowest BCUT2D eigenvalue weighted by Gasteiger charge is -2.17. The van der Waals surface area contributed by atoms with Crippen LogP contribution in [0.2, 0.25) is 0 Å². The molecule has 0 radical (unpaired) electrons. The molecule has 0 spiro atoms. The maximum atomic E-state index is 12.7. The molecular weight excluding hydrogens is 396 g/mol. The van der Waals surface area contributed by atoms with Crippen molar-refractivity contribution < 1.29 is 23.8 Å². The summed E-state index contributed by atoms with van der Waals surface area (Å²) in [6.45, 7) is 6.79. The minimum atomic E-state index is -0.537. The first-order valence-corrected chi connectivity index (χ1v) is 10.2. The molecule has 166 valence electrons. The highest BCUT2D eigenvalue weighted by Crippen LogP contribution is 2.30. The van der Waals surface area contributed by atoms with Gasteiger partial charge in [0.25, 0.3) is 5.91 Å². The second-order valence-corrected chi connectivity index (χ2v) is 6.64. The maximum absolute atomic E-state index is 12.7. The minimum absolute atomic E-state index is 0.267. The number of carbonyl (C=O) groups excluding carboxylic acids is 2. The molecule has 0 saturated heterocycles. The number of carbonyl (C=O) groups is 2. The fourth-order valence-electron chi connectivity index (χ4n) is 2.95. The van der Waals surface area contributed by atoms with Gasteiger partial charge in [-0.3, -0.25) is 4.79 Å². The number of hydrogen-bond donors (Lipinski definition) is 1. The molecule has 0 fully saturated rings. The van der Waals surface area contributed by atoms with E-state index < -0.39 is 5.97 Å². The van der Waals surface area contributed by atoms with Gasteiger partial charge in [-0.25, -0.2) is 4.79 Å².